The number of ether oxygens (including phenoxy) is 1. The fraction of sp³-hybridized carbons (Fsp3) is 0.533. The van der Waals surface area contributed by atoms with E-state index in [1.165, 1.54) is 23.3 Å². The quantitative estimate of drug-likeness (QED) is 0.880. The van der Waals surface area contributed by atoms with E-state index in [9.17, 15) is 4.79 Å². The Morgan fingerprint density at radius 3 is 2.90 bits per heavy atom. The van der Waals surface area contributed by atoms with Crippen molar-refractivity contribution in [1.82, 2.24) is 9.97 Å². The smallest absolute Gasteiger partial charge is 0.313 e. The first-order chi connectivity index (χ1) is 10.2. The molecule has 0 spiro atoms. The van der Waals surface area contributed by atoms with Gasteiger partial charge in [-0.2, -0.15) is 0 Å². The molecule has 0 unspecified atom stereocenters. The number of aromatic nitrogens is 2. The zero-order chi connectivity index (χ0) is 14.8. The maximum absolute atomic E-state index is 11.6. The lowest BCUT2D eigenvalue weighted by Gasteiger charge is -2.11. The van der Waals surface area contributed by atoms with Crippen LogP contribution in [0.4, 0.5) is 5.82 Å². The van der Waals surface area contributed by atoms with Crippen LogP contribution in [0.1, 0.15) is 36.0 Å². The van der Waals surface area contributed by atoms with E-state index in [1.807, 2.05) is 7.05 Å². The van der Waals surface area contributed by atoms with Crippen LogP contribution in [-0.2, 0) is 28.8 Å². The van der Waals surface area contributed by atoms with Crippen molar-refractivity contribution in [2.45, 2.75) is 39.0 Å². The van der Waals surface area contributed by atoms with Gasteiger partial charge in [-0.3, -0.25) is 4.79 Å². The monoisotopic (exact) mass is 305 g/mol. The van der Waals surface area contributed by atoms with Gasteiger partial charge in [-0.05, 0) is 38.2 Å². The Morgan fingerprint density at radius 1 is 1.33 bits per heavy atom. The van der Waals surface area contributed by atoms with Crippen LogP contribution in [0.3, 0.4) is 0 Å². The average molecular weight is 305 g/mol. The summed E-state index contributed by atoms with van der Waals surface area (Å²) in [6, 6.07) is 0. The zero-order valence-electron chi connectivity index (χ0n) is 12.4. The highest BCUT2D eigenvalue weighted by Crippen LogP contribution is 2.38. The third-order valence-corrected chi connectivity index (χ3v) is 4.89. The number of aryl methyl sites for hydroxylation is 2. The van der Waals surface area contributed by atoms with Crippen molar-refractivity contribution < 1.29 is 9.53 Å². The molecule has 0 saturated heterocycles. The molecular weight excluding hydrogens is 286 g/mol. The molecule has 0 aliphatic heterocycles. The molecule has 0 fully saturated rings. The van der Waals surface area contributed by atoms with E-state index >= 15 is 0 Å². The van der Waals surface area contributed by atoms with Gasteiger partial charge in [0.25, 0.3) is 0 Å². The van der Waals surface area contributed by atoms with Crippen molar-refractivity contribution >= 4 is 33.3 Å². The summed E-state index contributed by atoms with van der Waals surface area (Å²) in [6.45, 7) is 2.18. The topological polar surface area (TPSA) is 64.1 Å². The van der Waals surface area contributed by atoms with Crippen LogP contribution in [0.15, 0.2) is 0 Å². The molecule has 2 aromatic heterocycles. The number of carbonyl (C=O) groups excluding carboxylic acids is 1. The number of hydrogen-bond donors (Lipinski definition) is 1. The number of hydrogen-bond acceptors (Lipinski definition) is 6. The molecule has 0 radical (unpaired) electrons. The van der Waals surface area contributed by atoms with Gasteiger partial charge in [-0.25, -0.2) is 9.97 Å². The molecular formula is C15H19N3O2S. The maximum atomic E-state index is 11.6. The standard InChI is InChI=1S/C15H19N3O2S/c1-3-20-12(19)8-11-17-14(16-2)13-9-6-4-5-7-10(9)21-15(13)18-11/h3-8H2,1-2H3,(H,16,17,18). The molecule has 21 heavy (non-hydrogen) atoms. The molecule has 6 heteroatoms. The highest BCUT2D eigenvalue weighted by molar-refractivity contribution is 7.19. The van der Waals surface area contributed by atoms with Gasteiger partial charge in [0.2, 0.25) is 0 Å². The fourth-order valence-electron chi connectivity index (χ4n) is 2.80. The van der Waals surface area contributed by atoms with Gasteiger partial charge in [0.05, 0.1) is 12.0 Å². The van der Waals surface area contributed by atoms with Gasteiger partial charge in [0.1, 0.15) is 22.9 Å². The van der Waals surface area contributed by atoms with Crippen LogP contribution >= 0.6 is 11.3 Å². The largest absolute Gasteiger partial charge is 0.466 e. The Labute approximate surface area is 127 Å². The minimum Gasteiger partial charge on any atom is -0.466 e. The SMILES string of the molecule is CCOC(=O)Cc1nc(NC)c2c3c(sc2n1)CCCC3. The molecule has 0 saturated carbocycles. The van der Waals surface area contributed by atoms with Gasteiger partial charge in [0, 0.05) is 11.9 Å². The Hall–Kier alpha value is -1.69. The van der Waals surface area contributed by atoms with Crippen LogP contribution in [0.5, 0.6) is 0 Å². The Kier molecular flexibility index (Phi) is 4.05. The van der Waals surface area contributed by atoms with E-state index in [2.05, 4.69) is 15.3 Å². The first-order valence-corrected chi connectivity index (χ1v) is 8.19. The number of carbonyl (C=O) groups is 1. The summed E-state index contributed by atoms with van der Waals surface area (Å²) < 4.78 is 4.98. The minimum absolute atomic E-state index is 0.126. The second-order valence-electron chi connectivity index (χ2n) is 5.11. The number of fused-ring (bicyclic) bond motifs is 3. The number of anilines is 1. The molecule has 1 aliphatic rings. The van der Waals surface area contributed by atoms with Crippen molar-refractivity contribution in [3.8, 4) is 0 Å². The van der Waals surface area contributed by atoms with Crippen molar-refractivity contribution in [2.75, 3.05) is 19.0 Å². The Morgan fingerprint density at radius 2 is 2.14 bits per heavy atom. The summed E-state index contributed by atoms with van der Waals surface area (Å²) in [7, 11) is 1.86. The third kappa shape index (κ3) is 2.72. The van der Waals surface area contributed by atoms with Gasteiger partial charge in [-0.1, -0.05) is 0 Å². The molecule has 1 N–H and O–H groups in total. The number of nitrogens with one attached hydrogen (secondary N) is 1. The summed E-state index contributed by atoms with van der Waals surface area (Å²) in [6.07, 6.45) is 4.84. The molecule has 0 aromatic carbocycles. The van der Waals surface area contributed by atoms with E-state index in [1.54, 1.807) is 18.3 Å². The van der Waals surface area contributed by atoms with Gasteiger partial charge in [-0.15, -0.1) is 11.3 Å². The van der Waals surface area contributed by atoms with E-state index in [0.717, 1.165) is 28.9 Å². The molecule has 3 rings (SSSR count). The summed E-state index contributed by atoms with van der Waals surface area (Å²) >= 11 is 1.74. The lowest BCUT2D eigenvalue weighted by atomic mass is 9.97. The summed E-state index contributed by atoms with van der Waals surface area (Å²) in [5.41, 5.74) is 1.40. The number of rotatable bonds is 4. The van der Waals surface area contributed by atoms with Crippen LogP contribution in [0.2, 0.25) is 0 Å². The third-order valence-electron chi connectivity index (χ3n) is 3.71. The minimum atomic E-state index is -0.278. The average Bonchev–Trinajstić information content (AvgIpc) is 2.84. The molecule has 0 amide bonds. The highest BCUT2D eigenvalue weighted by Gasteiger charge is 2.21. The van der Waals surface area contributed by atoms with E-state index < -0.39 is 0 Å². The number of esters is 1. The van der Waals surface area contributed by atoms with Crippen LogP contribution < -0.4 is 5.32 Å². The summed E-state index contributed by atoms with van der Waals surface area (Å²) in [5.74, 6) is 1.09. The predicted molar refractivity (Wildman–Crippen MR) is 83.9 cm³/mol. The van der Waals surface area contributed by atoms with Crippen molar-refractivity contribution in [3.05, 3.63) is 16.3 Å². The molecule has 1 aliphatic carbocycles. The predicted octanol–water partition coefficient (Wildman–Crippen LogP) is 2.72. The summed E-state index contributed by atoms with van der Waals surface area (Å²) in [4.78, 5) is 23.1. The fourth-order valence-corrected chi connectivity index (χ4v) is 4.08. The van der Waals surface area contributed by atoms with Crippen LogP contribution in [-0.4, -0.2) is 29.6 Å². The number of nitrogens with zero attached hydrogens (tertiary/aromatic N) is 2. The van der Waals surface area contributed by atoms with E-state index in [-0.39, 0.29) is 12.4 Å². The van der Waals surface area contributed by atoms with Gasteiger partial charge in [0.15, 0.2) is 0 Å². The van der Waals surface area contributed by atoms with Crippen molar-refractivity contribution in [2.24, 2.45) is 0 Å². The molecule has 2 aromatic rings. The van der Waals surface area contributed by atoms with Crippen molar-refractivity contribution in [3.63, 3.8) is 0 Å². The lowest BCUT2D eigenvalue weighted by Crippen LogP contribution is -2.11. The molecule has 0 bridgehead atoms. The van der Waals surface area contributed by atoms with Gasteiger partial charge >= 0.3 is 5.97 Å². The Balaban J connectivity index is 2.03. The lowest BCUT2D eigenvalue weighted by molar-refractivity contribution is -0.142. The first kappa shape index (κ1) is 14.3. The highest BCUT2D eigenvalue weighted by atomic mass is 32.1. The first-order valence-electron chi connectivity index (χ1n) is 7.37. The maximum Gasteiger partial charge on any atom is 0.313 e. The normalized spacial score (nSPS) is 14.0. The van der Waals surface area contributed by atoms with E-state index in [0.29, 0.717) is 12.4 Å². The second kappa shape index (κ2) is 5.97. The van der Waals surface area contributed by atoms with Gasteiger partial charge < -0.3 is 10.1 Å². The molecule has 5 nitrogen and oxygen atoms in total. The molecule has 112 valence electrons. The second-order valence-corrected chi connectivity index (χ2v) is 6.19. The van der Waals surface area contributed by atoms with Crippen LogP contribution in [0.25, 0.3) is 10.2 Å². The van der Waals surface area contributed by atoms with Crippen molar-refractivity contribution in [1.29, 1.82) is 0 Å². The molecule has 0 atom stereocenters. The molecule has 2 heterocycles. The zero-order valence-corrected chi connectivity index (χ0v) is 13.2. The number of thiophene rings is 1. The van der Waals surface area contributed by atoms with Crippen LogP contribution in [0, 0.1) is 0 Å². The Bertz CT molecular complexity index is 681. The van der Waals surface area contributed by atoms with E-state index in [4.69, 9.17) is 4.74 Å². The summed E-state index contributed by atoms with van der Waals surface area (Å²) in [5, 5.41) is 4.30.